The molecule has 0 saturated heterocycles. The van der Waals surface area contributed by atoms with Gasteiger partial charge in [-0.05, 0) is 48.4 Å². The van der Waals surface area contributed by atoms with E-state index in [1.165, 1.54) is 19.4 Å². The van der Waals surface area contributed by atoms with Crippen molar-refractivity contribution in [3.63, 3.8) is 0 Å². The molecule has 0 fully saturated rings. The first-order valence-electron chi connectivity index (χ1n) is 11.9. The van der Waals surface area contributed by atoms with Gasteiger partial charge in [0.05, 0.1) is 23.4 Å². The van der Waals surface area contributed by atoms with E-state index in [1.54, 1.807) is 31.2 Å². The molecule has 0 aromatic heterocycles. The highest BCUT2D eigenvalue weighted by Gasteiger charge is 2.25. The van der Waals surface area contributed by atoms with Crippen LogP contribution < -0.4 is 25.0 Å². The molecule has 0 spiro atoms. The number of terminal acetylenes is 1. The number of nitrogens with one attached hydrogen (secondary N) is 2. The Kier molecular flexibility index (Phi) is 11.5. The Balaban J connectivity index is 1.72. The second kappa shape index (κ2) is 15.0. The van der Waals surface area contributed by atoms with Crippen LogP contribution in [0.2, 0.25) is 15.1 Å². The lowest BCUT2D eigenvalue weighted by Gasteiger charge is -2.21. The zero-order valence-corrected chi connectivity index (χ0v) is 23.9. The van der Waals surface area contributed by atoms with E-state index in [1.807, 2.05) is 30.3 Å². The maximum Gasteiger partial charge on any atom is 0.262 e. The molecular weight excluding hydrogens is 577 g/mol. The van der Waals surface area contributed by atoms with Crippen molar-refractivity contribution in [3.05, 3.63) is 86.9 Å². The van der Waals surface area contributed by atoms with Gasteiger partial charge in [-0.3, -0.25) is 9.59 Å². The van der Waals surface area contributed by atoms with Crippen LogP contribution in [0.4, 0.5) is 0 Å². The Morgan fingerprint density at radius 2 is 1.77 bits per heavy atom. The minimum Gasteiger partial charge on any atom is -0.493 e. The first-order valence-corrected chi connectivity index (χ1v) is 13.1. The lowest BCUT2D eigenvalue weighted by atomic mass is 10.1. The van der Waals surface area contributed by atoms with E-state index >= 15 is 0 Å². The Morgan fingerprint density at radius 1 is 1.02 bits per heavy atom. The minimum absolute atomic E-state index is 0.0183. The van der Waals surface area contributed by atoms with Crippen molar-refractivity contribution in [1.82, 2.24) is 10.7 Å². The van der Waals surface area contributed by atoms with E-state index < -0.39 is 24.0 Å². The van der Waals surface area contributed by atoms with Crippen molar-refractivity contribution in [2.24, 2.45) is 5.10 Å². The lowest BCUT2D eigenvalue weighted by molar-refractivity contribution is -0.132. The van der Waals surface area contributed by atoms with Crippen molar-refractivity contribution in [2.75, 3.05) is 13.7 Å². The molecule has 0 bridgehead atoms. The summed E-state index contributed by atoms with van der Waals surface area (Å²) in [6.45, 7) is 1.56. The van der Waals surface area contributed by atoms with Gasteiger partial charge in [0, 0.05) is 11.4 Å². The highest BCUT2D eigenvalue weighted by Crippen LogP contribution is 2.36. The molecule has 3 rings (SSSR count). The molecule has 2 amide bonds. The topological polar surface area (TPSA) is 98.2 Å². The summed E-state index contributed by atoms with van der Waals surface area (Å²) in [4.78, 5) is 26.1. The Morgan fingerprint density at radius 3 is 2.45 bits per heavy atom. The van der Waals surface area contributed by atoms with Crippen LogP contribution >= 0.6 is 34.8 Å². The molecule has 0 aliphatic heterocycles. The number of hydrazone groups is 1. The predicted octanol–water partition coefficient (Wildman–Crippen LogP) is 5.31. The zero-order chi connectivity index (χ0) is 29.1. The Hall–Kier alpha value is -3.90. The van der Waals surface area contributed by atoms with Crippen LogP contribution in [0.1, 0.15) is 18.1 Å². The quantitative estimate of drug-likeness (QED) is 0.166. The van der Waals surface area contributed by atoms with Crippen LogP contribution in [0.3, 0.4) is 0 Å². The standard InChI is InChI=1S/C29H26Cl3N3O5/c1-4-12-39-27-23(32)13-20(15-26(27)38-3)17-33-35-29(37)24(14-19-8-6-5-7-9-19)34-28(36)18(2)40-25-11-10-21(30)16-22(25)31/h1,5-11,13,15-18,24H,12,14H2,2-3H3,(H,34,36)(H,35,37)/b33-17-/t18-,24+/m0/s1. The Bertz CT molecular complexity index is 1410. The normalized spacial score (nSPS) is 12.2. The predicted molar refractivity (Wildman–Crippen MR) is 157 cm³/mol. The molecule has 0 unspecified atom stereocenters. The van der Waals surface area contributed by atoms with Gasteiger partial charge >= 0.3 is 0 Å². The fraction of sp³-hybridized carbons (Fsp3) is 0.207. The SMILES string of the molecule is C#CCOc1c(Cl)cc(/C=N\NC(=O)[C@@H](Cc2ccccc2)NC(=O)[C@H](C)Oc2ccc(Cl)cc2Cl)cc1OC. The third-order valence-corrected chi connectivity index (χ3v) is 6.23. The van der Waals surface area contributed by atoms with Gasteiger partial charge in [-0.25, -0.2) is 5.43 Å². The largest absolute Gasteiger partial charge is 0.493 e. The number of benzene rings is 3. The zero-order valence-electron chi connectivity index (χ0n) is 21.6. The molecule has 0 radical (unpaired) electrons. The number of carbonyl (C=O) groups is 2. The van der Waals surface area contributed by atoms with E-state index in [0.717, 1.165) is 5.56 Å². The maximum atomic E-state index is 13.1. The average molecular weight is 603 g/mol. The van der Waals surface area contributed by atoms with Gasteiger partial charge in [0.15, 0.2) is 17.6 Å². The lowest BCUT2D eigenvalue weighted by Crippen LogP contribution is -2.50. The molecule has 8 nitrogen and oxygen atoms in total. The van der Waals surface area contributed by atoms with Gasteiger partial charge in [-0.2, -0.15) is 5.10 Å². The minimum atomic E-state index is -0.962. The van der Waals surface area contributed by atoms with E-state index in [-0.39, 0.29) is 28.8 Å². The van der Waals surface area contributed by atoms with Crippen molar-refractivity contribution >= 4 is 52.8 Å². The number of rotatable bonds is 12. The number of hydrogen-bond acceptors (Lipinski definition) is 6. The van der Waals surface area contributed by atoms with Gasteiger partial charge in [-0.1, -0.05) is 71.1 Å². The van der Waals surface area contributed by atoms with Crippen molar-refractivity contribution in [3.8, 4) is 29.6 Å². The fourth-order valence-corrected chi connectivity index (χ4v) is 4.21. The van der Waals surface area contributed by atoms with Crippen molar-refractivity contribution in [2.45, 2.75) is 25.5 Å². The number of ether oxygens (including phenoxy) is 3. The van der Waals surface area contributed by atoms with E-state index in [4.69, 9.17) is 55.4 Å². The van der Waals surface area contributed by atoms with E-state index in [0.29, 0.717) is 22.1 Å². The third-order valence-electron chi connectivity index (χ3n) is 5.42. The Labute approximate surface area is 247 Å². The van der Waals surface area contributed by atoms with E-state index in [2.05, 4.69) is 21.8 Å². The molecule has 0 aliphatic carbocycles. The van der Waals surface area contributed by atoms with Crippen LogP contribution in [0, 0.1) is 12.3 Å². The summed E-state index contributed by atoms with van der Waals surface area (Å²) < 4.78 is 16.4. The summed E-state index contributed by atoms with van der Waals surface area (Å²) in [5, 5.41) is 7.70. The number of hydrogen-bond donors (Lipinski definition) is 2. The first kappa shape index (κ1) is 30.6. The third kappa shape index (κ3) is 8.82. The van der Waals surface area contributed by atoms with Gasteiger partial charge < -0.3 is 19.5 Å². The van der Waals surface area contributed by atoms with Crippen LogP contribution in [-0.2, 0) is 16.0 Å². The number of methoxy groups -OCH3 is 1. The molecule has 0 aliphatic rings. The highest BCUT2D eigenvalue weighted by molar-refractivity contribution is 6.35. The highest BCUT2D eigenvalue weighted by atomic mass is 35.5. The van der Waals surface area contributed by atoms with Crippen molar-refractivity contribution in [1.29, 1.82) is 0 Å². The van der Waals surface area contributed by atoms with Gasteiger partial charge in [0.25, 0.3) is 11.8 Å². The molecule has 40 heavy (non-hydrogen) atoms. The number of nitrogens with zero attached hydrogens (tertiary/aromatic N) is 1. The molecule has 3 aromatic carbocycles. The monoisotopic (exact) mass is 601 g/mol. The second-order valence-electron chi connectivity index (χ2n) is 8.35. The molecule has 3 aromatic rings. The van der Waals surface area contributed by atoms with Gasteiger partial charge in [-0.15, -0.1) is 6.42 Å². The molecule has 208 valence electrons. The number of halogens is 3. The number of amides is 2. The smallest absolute Gasteiger partial charge is 0.262 e. The molecule has 2 N–H and O–H groups in total. The second-order valence-corrected chi connectivity index (χ2v) is 9.60. The summed E-state index contributed by atoms with van der Waals surface area (Å²) in [6.07, 6.45) is 5.88. The number of carbonyl (C=O) groups excluding carboxylic acids is 2. The first-order chi connectivity index (χ1) is 19.2. The van der Waals surface area contributed by atoms with Gasteiger partial charge in [0.1, 0.15) is 18.4 Å². The van der Waals surface area contributed by atoms with Crippen LogP contribution in [0.15, 0.2) is 65.8 Å². The van der Waals surface area contributed by atoms with Crippen LogP contribution in [-0.4, -0.2) is 43.9 Å². The fourth-order valence-electron chi connectivity index (χ4n) is 3.48. The summed E-state index contributed by atoms with van der Waals surface area (Å²) in [6, 6.07) is 16.1. The van der Waals surface area contributed by atoms with Gasteiger partial charge in [0.2, 0.25) is 0 Å². The molecule has 0 saturated carbocycles. The summed E-state index contributed by atoms with van der Waals surface area (Å²) in [5.74, 6) is 2.22. The molecule has 11 heteroatoms. The summed E-state index contributed by atoms with van der Waals surface area (Å²) >= 11 is 18.4. The van der Waals surface area contributed by atoms with E-state index in [9.17, 15) is 9.59 Å². The maximum absolute atomic E-state index is 13.1. The van der Waals surface area contributed by atoms with Crippen LogP contribution in [0.25, 0.3) is 0 Å². The van der Waals surface area contributed by atoms with Crippen LogP contribution in [0.5, 0.6) is 17.2 Å². The molecule has 2 atom stereocenters. The summed E-state index contributed by atoms with van der Waals surface area (Å²) in [7, 11) is 1.46. The average Bonchev–Trinajstić information content (AvgIpc) is 2.93. The summed E-state index contributed by atoms with van der Waals surface area (Å²) in [5.41, 5.74) is 3.83. The molecule has 0 heterocycles. The molecular formula is C29H26Cl3N3O5. The van der Waals surface area contributed by atoms with Crippen molar-refractivity contribution < 1.29 is 23.8 Å².